The molecule has 4 aromatic rings. The minimum absolute atomic E-state index is 0.220. The van der Waals surface area contributed by atoms with E-state index in [2.05, 4.69) is 32.0 Å². The fourth-order valence-corrected chi connectivity index (χ4v) is 4.59. The summed E-state index contributed by atoms with van der Waals surface area (Å²) in [5, 5.41) is 2.81. The van der Waals surface area contributed by atoms with Crippen LogP contribution in [0.1, 0.15) is 41.7 Å². The molecule has 1 amide bonds. The summed E-state index contributed by atoms with van der Waals surface area (Å²) in [6.07, 6.45) is 5.54. The summed E-state index contributed by atoms with van der Waals surface area (Å²) in [5.74, 6) is 7.86. The predicted octanol–water partition coefficient (Wildman–Crippen LogP) is 3.83. The lowest BCUT2D eigenvalue weighted by molar-refractivity contribution is 0.102. The van der Waals surface area contributed by atoms with E-state index in [4.69, 9.17) is 10.7 Å². The molecule has 0 radical (unpaired) electrons. The van der Waals surface area contributed by atoms with Crippen LogP contribution in [0.4, 0.5) is 11.8 Å². The zero-order valence-electron chi connectivity index (χ0n) is 19.6. The molecule has 3 N–H and O–H groups in total. The van der Waals surface area contributed by atoms with E-state index in [1.807, 2.05) is 35.6 Å². The van der Waals surface area contributed by atoms with Crippen LogP contribution in [0.2, 0.25) is 0 Å². The maximum Gasteiger partial charge on any atom is 0.256 e. The van der Waals surface area contributed by atoms with Gasteiger partial charge in [0, 0.05) is 36.0 Å². The number of amides is 1. The number of aromatic nitrogens is 4. The first-order chi connectivity index (χ1) is 17.1. The number of piperidine rings is 1. The molecular formula is C27H27N7O. The normalized spacial score (nSPS) is 16.0. The summed E-state index contributed by atoms with van der Waals surface area (Å²) in [4.78, 5) is 28.5. The van der Waals surface area contributed by atoms with E-state index >= 15 is 0 Å². The molecular weight excluding hydrogens is 438 g/mol. The smallest absolute Gasteiger partial charge is 0.256 e. The summed E-state index contributed by atoms with van der Waals surface area (Å²) >= 11 is 0. The number of carbonyl (C=O) groups excluding carboxylic acids is 1. The Hall–Kier alpha value is -4.22. The lowest BCUT2D eigenvalue weighted by Gasteiger charge is -2.30. The molecule has 176 valence electrons. The highest BCUT2D eigenvalue weighted by molar-refractivity contribution is 6.04. The first-order valence-corrected chi connectivity index (χ1v) is 11.7. The van der Waals surface area contributed by atoms with Crippen LogP contribution in [0.3, 0.4) is 0 Å². The van der Waals surface area contributed by atoms with Crippen LogP contribution in [0.5, 0.6) is 0 Å². The third kappa shape index (κ3) is 4.72. The number of nitrogens with two attached hydrogens (primary N) is 1. The monoisotopic (exact) mass is 465 g/mol. The van der Waals surface area contributed by atoms with Gasteiger partial charge in [-0.05, 0) is 56.6 Å². The molecule has 1 atom stereocenters. The van der Waals surface area contributed by atoms with E-state index < -0.39 is 0 Å². The zero-order chi connectivity index (χ0) is 24.2. The second kappa shape index (κ2) is 9.95. The Labute approximate surface area is 204 Å². The Kier molecular flexibility index (Phi) is 6.42. The fraction of sp³-hybridized carbons (Fsp3) is 0.259. The molecule has 8 heteroatoms. The summed E-state index contributed by atoms with van der Waals surface area (Å²) < 4.78 is 1.91. The van der Waals surface area contributed by atoms with Gasteiger partial charge in [0.05, 0.1) is 17.8 Å². The Morgan fingerprint density at radius 3 is 2.77 bits per heavy atom. The number of anilines is 2. The Morgan fingerprint density at radius 1 is 1.14 bits per heavy atom. The topological polar surface area (TPSA) is 101 Å². The van der Waals surface area contributed by atoms with Gasteiger partial charge in [0.2, 0.25) is 5.95 Å². The van der Waals surface area contributed by atoms with Gasteiger partial charge in [0.15, 0.2) is 0 Å². The predicted molar refractivity (Wildman–Crippen MR) is 137 cm³/mol. The van der Waals surface area contributed by atoms with E-state index in [1.54, 1.807) is 36.7 Å². The van der Waals surface area contributed by atoms with Gasteiger partial charge < -0.3 is 11.1 Å². The van der Waals surface area contributed by atoms with Crippen molar-refractivity contribution in [1.82, 2.24) is 24.3 Å². The van der Waals surface area contributed by atoms with E-state index in [9.17, 15) is 4.79 Å². The van der Waals surface area contributed by atoms with Crippen LogP contribution in [-0.2, 0) is 0 Å². The van der Waals surface area contributed by atoms with Crippen molar-refractivity contribution in [3.8, 4) is 23.2 Å². The third-order valence-electron chi connectivity index (χ3n) is 6.29. The Morgan fingerprint density at radius 2 is 2.00 bits per heavy atom. The van der Waals surface area contributed by atoms with Crippen molar-refractivity contribution >= 4 is 23.2 Å². The standard InChI is InChI=1S/C27H27N7O/c1-2-3-16-33-17-6-7-21(18-33)24-22-13-15-30-27(28)34(22)25(32-24)19-9-11-20(12-10-19)26(35)31-23-8-4-5-14-29-23/h4-5,8-15,21H,6-7,16-18H2,1H3,(H2,28,30)(H,29,31,35). The number of carbonyl (C=O) groups is 1. The van der Waals surface area contributed by atoms with Gasteiger partial charge in [0.25, 0.3) is 5.91 Å². The third-order valence-corrected chi connectivity index (χ3v) is 6.29. The number of hydrogen-bond acceptors (Lipinski definition) is 6. The van der Waals surface area contributed by atoms with Crippen LogP contribution in [-0.4, -0.2) is 49.8 Å². The lowest BCUT2D eigenvalue weighted by Crippen LogP contribution is -2.34. The van der Waals surface area contributed by atoms with Gasteiger partial charge >= 0.3 is 0 Å². The second-order valence-electron chi connectivity index (χ2n) is 8.59. The molecule has 1 aliphatic heterocycles. The minimum atomic E-state index is -0.220. The molecule has 0 bridgehead atoms. The number of rotatable bonds is 5. The molecule has 1 aliphatic rings. The highest BCUT2D eigenvalue weighted by Crippen LogP contribution is 2.33. The van der Waals surface area contributed by atoms with Gasteiger partial charge in [-0.1, -0.05) is 24.1 Å². The summed E-state index contributed by atoms with van der Waals surface area (Å²) in [7, 11) is 0. The summed E-state index contributed by atoms with van der Waals surface area (Å²) in [6, 6.07) is 14.7. The average Bonchev–Trinajstić information content (AvgIpc) is 3.29. The molecule has 0 spiro atoms. The van der Waals surface area contributed by atoms with Crippen LogP contribution in [0.15, 0.2) is 60.9 Å². The molecule has 1 saturated heterocycles. The number of pyridine rings is 1. The number of fused-ring (bicyclic) bond motifs is 1. The molecule has 8 nitrogen and oxygen atoms in total. The summed E-state index contributed by atoms with van der Waals surface area (Å²) in [6.45, 7) is 4.61. The van der Waals surface area contributed by atoms with Crippen molar-refractivity contribution in [3.63, 3.8) is 0 Å². The van der Waals surface area contributed by atoms with Gasteiger partial charge in [-0.25, -0.2) is 15.0 Å². The molecule has 4 heterocycles. The van der Waals surface area contributed by atoms with Crippen molar-refractivity contribution in [2.75, 3.05) is 30.7 Å². The quantitative estimate of drug-likeness (QED) is 0.435. The maximum absolute atomic E-state index is 12.6. The van der Waals surface area contributed by atoms with Crippen LogP contribution < -0.4 is 11.1 Å². The van der Waals surface area contributed by atoms with E-state index in [0.29, 0.717) is 17.3 Å². The maximum atomic E-state index is 12.6. The van der Waals surface area contributed by atoms with Crippen LogP contribution in [0, 0.1) is 11.8 Å². The van der Waals surface area contributed by atoms with Crippen molar-refractivity contribution in [3.05, 3.63) is 72.2 Å². The summed E-state index contributed by atoms with van der Waals surface area (Å²) in [5.41, 5.74) is 9.70. The van der Waals surface area contributed by atoms with Crippen LogP contribution >= 0.6 is 0 Å². The van der Waals surface area contributed by atoms with Crippen molar-refractivity contribution in [1.29, 1.82) is 0 Å². The molecule has 3 aromatic heterocycles. The molecule has 35 heavy (non-hydrogen) atoms. The Balaban J connectivity index is 1.45. The lowest BCUT2D eigenvalue weighted by atomic mass is 9.94. The Bertz CT molecular complexity index is 1400. The van der Waals surface area contributed by atoms with Crippen molar-refractivity contribution in [2.45, 2.75) is 25.7 Å². The molecule has 0 saturated carbocycles. The number of nitrogen functional groups attached to an aromatic ring is 1. The van der Waals surface area contributed by atoms with E-state index in [1.165, 1.54) is 0 Å². The van der Waals surface area contributed by atoms with Crippen molar-refractivity contribution < 1.29 is 4.79 Å². The minimum Gasteiger partial charge on any atom is -0.369 e. The molecule has 1 unspecified atom stereocenters. The van der Waals surface area contributed by atoms with Gasteiger partial charge in [-0.2, -0.15) is 0 Å². The van der Waals surface area contributed by atoms with Gasteiger partial charge in [-0.3, -0.25) is 14.1 Å². The SMILES string of the molecule is CC#CCN1CCCC(c2nc(-c3ccc(C(=O)Nc4ccccn4)cc3)n3c(N)nccc23)C1. The van der Waals surface area contributed by atoms with Crippen molar-refractivity contribution in [2.24, 2.45) is 0 Å². The fourth-order valence-electron chi connectivity index (χ4n) is 4.59. The molecule has 1 fully saturated rings. The first kappa shape index (κ1) is 22.6. The molecule has 0 aliphatic carbocycles. The number of imidazole rings is 1. The van der Waals surface area contributed by atoms with E-state index in [-0.39, 0.29) is 11.8 Å². The van der Waals surface area contributed by atoms with Gasteiger partial charge in [-0.15, -0.1) is 5.92 Å². The van der Waals surface area contributed by atoms with Crippen LogP contribution in [0.25, 0.3) is 16.9 Å². The largest absolute Gasteiger partial charge is 0.369 e. The first-order valence-electron chi connectivity index (χ1n) is 11.7. The second-order valence-corrected chi connectivity index (χ2v) is 8.59. The highest BCUT2D eigenvalue weighted by Gasteiger charge is 2.26. The number of benzene rings is 1. The molecule has 5 rings (SSSR count). The number of likely N-dealkylation sites (tertiary alicyclic amines) is 1. The highest BCUT2D eigenvalue weighted by atomic mass is 16.1. The van der Waals surface area contributed by atoms with Gasteiger partial charge in [0.1, 0.15) is 11.6 Å². The number of nitrogens with zero attached hydrogens (tertiary/aromatic N) is 5. The average molecular weight is 466 g/mol. The van der Waals surface area contributed by atoms with E-state index in [0.717, 1.165) is 55.1 Å². The molecule has 1 aromatic carbocycles. The zero-order valence-corrected chi connectivity index (χ0v) is 19.6. The number of nitrogens with one attached hydrogen (secondary N) is 1. The number of hydrogen-bond donors (Lipinski definition) is 2.